The fourth-order valence-electron chi connectivity index (χ4n) is 2.17. The van der Waals surface area contributed by atoms with E-state index in [1.807, 2.05) is 6.92 Å². The van der Waals surface area contributed by atoms with Gasteiger partial charge in [0.25, 0.3) is 0 Å². The normalized spacial score (nSPS) is 11.5. The summed E-state index contributed by atoms with van der Waals surface area (Å²) >= 11 is 0. The average molecular weight is 265 g/mol. The highest BCUT2D eigenvalue weighted by molar-refractivity contribution is 5.57. The number of rotatable bonds is 7. The molecule has 108 valence electrons. The maximum absolute atomic E-state index is 5.54. The highest BCUT2D eigenvalue weighted by atomic mass is 15.3. The highest BCUT2D eigenvalue weighted by Gasteiger charge is 2.19. The molecule has 19 heavy (non-hydrogen) atoms. The van der Waals surface area contributed by atoms with Crippen molar-refractivity contribution in [3.05, 3.63) is 11.4 Å². The van der Waals surface area contributed by atoms with Crippen LogP contribution in [0.1, 0.15) is 58.3 Å². The second-order valence-corrected chi connectivity index (χ2v) is 5.62. The molecule has 1 aromatic heterocycles. The number of hydrogen-bond acceptors (Lipinski definition) is 5. The van der Waals surface area contributed by atoms with Gasteiger partial charge in [-0.3, -0.25) is 0 Å². The van der Waals surface area contributed by atoms with E-state index in [-0.39, 0.29) is 5.54 Å². The molecule has 0 bridgehead atoms. The van der Waals surface area contributed by atoms with Crippen molar-refractivity contribution in [2.45, 2.75) is 65.8 Å². The van der Waals surface area contributed by atoms with E-state index in [4.69, 9.17) is 5.84 Å². The summed E-state index contributed by atoms with van der Waals surface area (Å²) in [5.41, 5.74) is 3.64. The first-order valence-electron chi connectivity index (χ1n) is 7.05. The van der Waals surface area contributed by atoms with Crippen LogP contribution < -0.4 is 16.6 Å². The Bertz CT molecular complexity index is 415. The van der Waals surface area contributed by atoms with Crippen LogP contribution in [0.15, 0.2) is 0 Å². The molecular weight excluding hydrogens is 238 g/mol. The van der Waals surface area contributed by atoms with Gasteiger partial charge in [-0.05, 0) is 33.6 Å². The maximum atomic E-state index is 5.54. The predicted molar refractivity (Wildman–Crippen MR) is 81.2 cm³/mol. The molecule has 0 unspecified atom stereocenters. The molecule has 0 spiro atoms. The van der Waals surface area contributed by atoms with Crippen LogP contribution in [-0.4, -0.2) is 15.5 Å². The monoisotopic (exact) mass is 265 g/mol. The molecule has 0 fully saturated rings. The van der Waals surface area contributed by atoms with Gasteiger partial charge in [0.2, 0.25) is 0 Å². The Morgan fingerprint density at radius 3 is 2.26 bits per heavy atom. The number of nitrogens with zero attached hydrogens (tertiary/aromatic N) is 2. The molecule has 0 saturated heterocycles. The lowest BCUT2D eigenvalue weighted by Crippen LogP contribution is -2.32. The average Bonchev–Trinajstić information content (AvgIpc) is 2.33. The number of aryl methyl sites for hydroxylation is 1. The number of nitrogens with two attached hydrogens (primary N) is 1. The van der Waals surface area contributed by atoms with Gasteiger partial charge >= 0.3 is 0 Å². The van der Waals surface area contributed by atoms with Crippen LogP contribution in [0, 0.1) is 6.92 Å². The highest BCUT2D eigenvalue weighted by Crippen LogP contribution is 2.24. The molecule has 0 aliphatic heterocycles. The summed E-state index contributed by atoms with van der Waals surface area (Å²) in [4.78, 5) is 9.05. The number of hydrogen-bond donors (Lipinski definition) is 3. The molecule has 1 aromatic rings. The van der Waals surface area contributed by atoms with E-state index in [1.54, 1.807) is 0 Å². The third kappa shape index (κ3) is 4.35. The van der Waals surface area contributed by atoms with Crippen LogP contribution in [0.2, 0.25) is 0 Å². The molecular formula is C14H27N5. The molecule has 0 amide bonds. The molecule has 0 atom stereocenters. The fraction of sp³-hybridized carbons (Fsp3) is 0.714. The van der Waals surface area contributed by atoms with Crippen molar-refractivity contribution in [1.29, 1.82) is 0 Å². The predicted octanol–water partition coefficient (Wildman–Crippen LogP) is 3.01. The van der Waals surface area contributed by atoms with Crippen LogP contribution in [0.25, 0.3) is 0 Å². The Labute approximate surface area is 116 Å². The number of anilines is 2. The molecule has 1 heterocycles. The van der Waals surface area contributed by atoms with Gasteiger partial charge in [0.05, 0.1) is 0 Å². The van der Waals surface area contributed by atoms with Crippen LogP contribution in [-0.2, 0) is 6.42 Å². The molecule has 5 heteroatoms. The van der Waals surface area contributed by atoms with Crippen LogP contribution in [0.5, 0.6) is 0 Å². The standard InChI is InChI=1S/C14H27N5/c1-6-8-11-16-12(10(3)13(17-11)19-15)18-14(4,5)9-7-2/h6-9,15H2,1-5H3,(H2,16,17,18,19). The largest absolute Gasteiger partial charge is 0.365 e. The number of aromatic nitrogens is 2. The number of nitrogen functional groups attached to an aromatic ring is 1. The first-order valence-corrected chi connectivity index (χ1v) is 7.05. The van der Waals surface area contributed by atoms with Crippen LogP contribution in [0.4, 0.5) is 11.6 Å². The van der Waals surface area contributed by atoms with E-state index in [9.17, 15) is 0 Å². The van der Waals surface area contributed by atoms with E-state index in [0.717, 1.165) is 42.9 Å². The molecule has 0 saturated carbocycles. The van der Waals surface area contributed by atoms with Gasteiger partial charge in [0, 0.05) is 17.5 Å². The zero-order chi connectivity index (χ0) is 14.5. The Morgan fingerprint density at radius 2 is 1.74 bits per heavy atom. The van der Waals surface area contributed by atoms with Crippen molar-refractivity contribution >= 4 is 11.6 Å². The third-order valence-corrected chi connectivity index (χ3v) is 3.13. The summed E-state index contributed by atoms with van der Waals surface area (Å²) in [5, 5.41) is 3.51. The third-order valence-electron chi connectivity index (χ3n) is 3.13. The van der Waals surface area contributed by atoms with Gasteiger partial charge < -0.3 is 10.7 Å². The molecule has 5 nitrogen and oxygen atoms in total. The van der Waals surface area contributed by atoms with Gasteiger partial charge in [-0.2, -0.15) is 0 Å². The quantitative estimate of drug-likeness (QED) is 0.522. The van der Waals surface area contributed by atoms with E-state index in [0.29, 0.717) is 5.82 Å². The zero-order valence-corrected chi connectivity index (χ0v) is 12.8. The number of nitrogens with one attached hydrogen (secondary N) is 2. The van der Waals surface area contributed by atoms with Gasteiger partial charge in [0.15, 0.2) is 0 Å². The second kappa shape index (κ2) is 6.70. The minimum atomic E-state index is 0.0171. The van der Waals surface area contributed by atoms with Crippen molar-refractivity contribution in [2.24, 2.45) is 5.84 Å². The lowest BCUT2D eigenvalue weighted by molar-refractivity contribution is 0.508. The van der Waals surface area contributed by atoms with Crippen molar-refractivity contribution in [3.8, 4) is 0 Å². The Morgan fingerprint density at radius 1 is 1.11 bits per heavy atom. The van der Waals surface area contributed by atoms with Gasteiger partial charge in [-0.1, -0.05) is 20.3 Å². The van der Waals surface area contributed by atoms with Crippen molar-refractivity contribution < 1.29 is 0 Å². The van der Waals surface area contributed by atoms with E-state index >= 15 is 0 Å². The minimum Gasteiger partial charge on any atom is -0.365 e. The smallest absolute Gasteiger partial charge is 0.148 e. The molecule has 4 N–H and O–H groups in total. The van der Waals surface area contributed by atoms with E-state index < -0.39 is 0 Å². The van der Waals surface area contributed by atoms with Gasteiger partial charge in [0.1, 0.15) is 17.5 Å². The summed E-state index contributed by atoms with van der Waals surface area (Å²) < 4.78 is 0. The van der Waals surface area contributed by atoms with Crippen molar-refractivity contribution in [3.63, 3.8) is 0 Å². The molecule has 1 rings (SSSR count). The Balaban J connectivity index is 3.07. The summed E-state index contributed by atoms with van der Waals surface area (Å²) in [6.45, 7) is 10.7. The van der Waals surface area contributed by atoms with Gasteiger partial charge in [-0.25, -0.2) is 15.8 Å². The van der Waals surface area contributed by atoms with Crippen molar-refractivity contribution in [1.82, 2.24) is 9.97 Å². The molecule has 0 aliphatic rings. The van der Waals surface area contributed by atoms with Crippen molar-refractivity contribution in [2.75, 3.05) is 10.7 Å². The molecule has 0 radical (unpaired) electrons. The number of hydrazine groups is 1. The lowest BCUT2D eigenvalue weighted by atomic mass is 9.99. The SMILES string of the molecule is CCCc1nc(NN)c(C)c(NC(C)(C)CCC)n1. The first-order chi connectivity index (χ1) is 8.93. The fourth-order valence-corrected chi connectivity index (χ4v) is 2.17. The maximum Gasteiger partial charge on any atom is 0.148 e. The lowest BCUT2D eigenvalue weighted by Gasteiger charge is -2.28. The van der Waals surface area contributed by atoms with Crippen LogP contribution >= 0.6 is 0 Å². The molecule has 0 aliphatic carbocycles. The Hall–Kier alpha value is -1.36. The Kier molecular flexibility index (Phi) is 5.54. The summed E-state index contributed by atoms with van der Waals surface area (Å²) in [6, 6.07) is 0. The topological polar surface area (TPSA) is 75.9 Å². The summed E-state index contributed by atoms with van der Waals surface area (Å²) in [6.07, 6.45) is 4.10. The van der Waals surface area contributed by atoms with E-state index in [2.05, 4.69) is 48.4 Å². The minimum absolute atomic E-state index is 0.0171. The zero-order valence-electron chi connectivity index (χ0n) is 12.8. The van der Waals surface area contributed by atoms with E-state index in [1.165, 1.54) is 0 Å². The first kappa shape index (κ1) is 15.7. The van der Waals surface area contributed by atoms with Crippen LogP contribution in [0.3, 0.4) is 0 Å². The second-order valence-electron chi connectivity index (χ2n) is 5.62. The summed E-state index contributed by atoms with van der Waals surface area (Å²) in [7, 11) is 0. The van der Waals surface area contributed by atoms with Gasteiger partial charge in [-0.15, -0.1) is 0 Å². The summed E-state index contributed by atoms with van der Waals surface area (Å²) in [5.74, 6) is 7.95. The molecule has 0 aromatic carbocycles.